The topological polar surface area (TPSA) is 39.6 Å². The predicted molar refractivity (Wildman–Crippen MR) is 56.0 cm³/mol. The first-order valence-electron chi connectivity index (χ1n) is 4.14. The van der Waals surface area contributed by atoms with E-state index in [1.54, 1.807) is 12.4 Å². The van der Waals surface area contributed by atoms with Crippen molar-refractivity contribution in [2.75, 3.05) is 0 Å². The number of rotatable bonds is 1. The van der Waals surface area contributed by atoms with Crippen LogP contribution in [0.15, 0.2) is 36.7 Å². The van der Waals surface area contributed by atoms with Gasteiger partial charge >= 0.3 is 0 Å². The lowest BCUT2D eigenvalue weighted by Crippen LogP contribution is -1.79. The second-order valence-corrected chi connectivity index (χ2v) is 3.28. The number of nitriles is 1. The van der Waals surface area contributed by atoms with Crippen LogP contribution in [-0.4, -0.2) is 4.98 Å². The van der Waals surface area contributed by atoms with Crippen LogP contribution in [0.3, 0.4) is 0 Å². The van der Waals surface area contributed by atoms with E-state index < -0.39 is 0 Å². The average molecular weight is 203 g/mol. The first-order chi connectivity index (χ1) is 6.83. The van der Waals surface area contributed by atoms with Gasteiger partial charge in [0.05, 0.1) is 5.56 Å². The van der Waals surface area contributed by atoms with E-state index >= 15 is 0 Å². The Bertz CT molecular complexity index is 494. The molecule has 2 rings (SSSR count). The Labute approximate surface area is 86.8 Å². The van der Waals surface area contributed by atoms with Crippen molar-refractivity contribution >= 4 is 11.6 Å². The quantitative estimate of drug-likeness (QED) is 0.758. The van der Waals surface area contributed by atoms with E-state index in [1.807, 2.05) is 24.3 Å². The van der Waals surface area contributed by atoms with E-state index in [4.69, 9.17) is 16.9 Å². The maximum Gasteiger partial charge on any atom is 0.101 e. The fraction of sp³-hybridized carbons (Fsp3) is 0. The number of aromatic amines is 1. The second kappa shape index (κ2) is 3.57. The van der Waals surface area contributed by atoms with E-state index in [1.165, 1.54) is 0 Å². The van der Waals surface area contributed by atoms with Crippen molar-refractivity contribution in [3.8, 4) is 17.2 Å². The zero-order chi connectivity index (χ0) is 9.97. The second-order valence-electron chi connectivity index (χ2n) is 2.87. The van der Waals surface area contributed by atoms with E-state index in [0.29, 0.717) is 10.6 Å². The lowest BCUT2D eigenvalue weighted by atomic mass is 10.1. The van der Waals surface area contributed by atoms with Crippen LogP contribution in [0.2, 0.25) is 5.02 Å². The van der Waals surface area contributed by atoms with Gasteiger partial charge in [-0.1, -0.05) is 29.8 Å². The monoisotopic (exact) mass is 202 g/mol. The highest BCUT2D eigenvalue weighted by atomic mass is 35.5. The Morgan fingerprint density at radius 3 is 2.64 bits per heavy atom. The van der Waals surface area contributed by atoms with Gasteiger partial charge in [-0.05, 0) is 6.07 Å². The van der Waals surface area contributed by atoms with Crippen LogP contribution in [0.1, 0.15) is 5.56 Å². The van der Waals surface area contributed by atoms with Gasteiger partial charge in [0, 0.05) is 28.5 Å². The van der Waals surface area contributed by atoms with E-state index in [9.17, 15) is 0 Å². The van der Waals surface area contributed by atoms with Crippen LogP contribution in [0.5, 0.6) is 0 Å². The lowest BCUT2D eigenvalue weighted by Gasteiger charge is -2.00. The molecule has 2 aromatic rings. The highest BCUT2D eigenvalue weighted by Crippen LogP contribution is 2.29. The van der Waals surface area contributed by atoms with Crippen LogP contribution in [0, 0.1) is 11.3 Å². The van der Waals surface area contributed by atoms with Crippen LogP contribution in [0.4, 0.5) is 0 Å². The molecule has 0 aliphatic heterocycles. The molecule has 0 fully saturated rings. The minimum Gasteiger partial charge on any atom is -0.366 e. The number of H-pyrrole nitrogens is 1. The Morgan fingerprint density at radius 1 is 1.14 bits per heavy atom. The zero-order valence-electron chi connectivity index (χ0n) is 7.29. The molecule has 0 radical (unpaired) electrons. The fourth-order valence-electron chi connectivity index (χ4n) is 1.36. The molecular formula is C11H7ClN2. The van der Waals surface area contributed by atoms with E-state index in [-0.39, 0.29) is 0 Å². The largest absolute Gasteiger partial charge is 0.366 e. The molecule has 1 aromatic heterocycles. The molecular weight excluding hydrogens is 196 g/mol. The van der Waals surface area contributed by atoms with Crippen LogP contribution >= 0.6 is 11.6 Å². The van der Waals surface area contributed by atoms with Gasteiger partial charge in [0.2, 0.25) is 0 Å². The summed E-state index contributed by atoms with van der Waals surface area (Å²) in [5.41, 5.74) is 2.34. The summed E-state index contributed by atoms with van der Waals surface area (Å²) in [7, 11) is 0. The van der Waals surface area contributed by atoms with Gasteiger partial charge in [-0.25, -0.2) is 0 Å². The van der Waals surface area contributed by atoms with Gasteiger partial charge in [-0.2, -0.15) is 5.26 Å². The van der Waals surface area contributed by atoms with Crippen molar-refractivity contribution in [1.29, 1.82) is 5.26 Å². The van der Waals surface area contributed by atoms with Gasteiger partial charge in [0.25, 0.3) is 0 Å². The number of aromatic nitrogens is 1. The Balaban J connectivity index is 2.62. The maximum atomic E-state index is 8.85. The summed E-state index contributed by atoms with van der Waals surface area (Å²) in [6.45, 7) is 0. The summed E-state index contributed by atoms with van der Waals surface area (Å²) in [6, 6.07) is 9.58. The van der Waals surface area contributed by atoms with Crippen molar-refractivity contribution in [3.05, 3.63) is 47.2 Å². The van der Waals surface area contributed by atoms with Crippen molar-refractivity contribution in [3.63, 3.8) is 0 Å². The maximum absolute atomic E-state index is 8.85. The van der Waals surface area contributed by atoms with Crippen molar-refractivity contribution in [2.45, 2.75) is 0 Å². The third-order valence-electron chi connectivity index (χ3n) is 2.03. The number of hydrogen-bond donors (Lipinski definition) is 1. The van der Waals surface area contributed by atoms with E-state index in [0.717, 1.165) is 11.1 Å². The standard InChI is InChI=1S/C11H7ClN2/c12-11-4-2-1-3-9(11)10-7-14-6-8(10)5-13/h1-4,6-7,14H. The van der Waals surface area contributed by atoms with Crippen molar-refractivity contribution in [2.24, 2.45) is 0 Å². The summed E-state index contributed by atoms with van der Waals surface area (Å²) in [6.07, 6.45) is 3.44. The zero-order valence-corrected chi connectivity index (χ0v) is 8.05. The molecule has 0 aliphatic carbocycles. The smallest absolute Gasteiger partial charge is 0.101 e. The highest BCUT2D eigenvalue weighted by Gasteiger charge is 2.07. The van der Waals surface area contributed by atoms with Crippen molar-refractivity contribution in [1.82, 2.24) is 4.98 Å². The molecule has 3 heteroatoms. The third-order valence-corrected chi connectivity index (χ3v) is 2.36. The molecule has 1 N–H and O–H groups in total. The van der Waals surface area contributed by atoms with Gasteiger partial charge < -0.3 is 4.98 Å². The molecule has 2 nitrogen and oxygen atoms in total. The van der Waals surface area contributed by atoms with Crippen LogP contribution < -0.4 is 0 Å². The first-order valence-corrected chi connectivity index (χ1v) is 4.52. The molecule has 0 amide bonds. The number of nitrogens with zero attached hydrogens (tertiary/aromatic N) is 1. The van der Waals surface area contributed by atoms with Gasteiger partial charge in [0.1, 0.15) is 6.07 Å². The van der Waals surface area contributed by atoms with E-state index in [2.05, 4.69) is 11.1 Å². The molecule has 0 unspecified atom stereocenters. The Morgan fingerprint density at radius 2 is 1.93 bits per heavy atom. The SMILES string of the molecule is N#Cc1c[nH]cc1-c1ccccc1Cl. The average Bonchev–Trinajstić information content (AvgIpc) is 2.66. The Kier molecular flexibility index (Phi) is 2.26. The highest BCUT2D eigenvalue weighted by molar-refractivity contribution is 6.33. The molecule has 1 heterocycles. The first kappa shape index (κ1) is 8.86. The molecule has 14 heavy (non-hydrogen) atoms. The summed E-state index contributed by atoms with van der Waals surface area (Å²) in [5.74, 6) is 0. The van der Waals surface area contributed by atoms with Gasteiger partial charge in [-0.3, -0.25) is 0 Å². The van der Waals surface area contributed by atoms with Crippen LogP contribution in [-0.2, 0) is 0 Å². The third kappa shape index (κ3) is 1.39. The number of benzene rings is 1. The molecule has 1 aromatic carbocycles. The van der Waals surface area contributed by atoms with Crippen LogP contribution in [0.25, 0.3) is 11.1 Å². The number of halogens is 1. The molecule has 0 aliphatic rings. The summed E-state index contributed by atoms with van der Waals surface area (Å²) in [4.78, 5) is 2.89. The Hall–Kier alpha value is -1.72. The molecule has 0 bridgehead atoms. The minimum absolute atomic E-state index is 0.609. The normalized spacial score (nSPS) is 9.71. The van der Waals surface area contributed by atoms with Gasteiger partial charge in [0.15, 0.2) is 0 Å². The van der Waals surface area contributed by atoms with Gasteiger partial charge in [-0.15, -0.1) is 0 Å². The summed E-state index contributed by atoms with van der Waals surface area (Å²) in [5, 5.41) is 9.50. The lowest BCUT2D eigenvalue weighted by molar-refractivity contribution is 1.40. The minimum atomic E-state index is 0.609. The predicted octanol–water partition coefficient (Wildman–Crippen LogP) is 3.21. The summed E-state index contributed by atoms with van der Waals surface area (Å²) >= 11 is 6.02. The fourth-order valence-corrected chi connectivity index (χ4v) is 1.60. The summed E-state index contributed by atoms with van der Waals surface area (Å²) < 4.78 is 0. The number of hydrogen-bond acceptors (Lipinski definition) is 1. The molecule has 0 spiro atoms. The molecule has 68 valence electrons. The number of nitrogens with one attached hydrogen (secondary N) is 1. The molecule has 0 saturated carbocycles. The van der Waals surface area contributed by atoms with Crippen molar-refractivity contribution < 1.29 is 0 Å². The molecule has 0 atom stereocenters. The molecule has 0 saturated heterocycles.